The van der Waals surface area contributed by atoms with Crippen LogP contribution in [-0.4, -0.2) is 40.1 Å². The Morgan fingerprint density at radius 1 is 1.10 bits per heavy atom. The second kappa shape index (κ2) is 5.49. The normalized spacial score (nSPS) is 25.2. The van der Waals surface area contributed by atoms with Gasteiger partial charge in [-0.05, 0) is 64.1 Å². The molecule has 2 heterocycles. The average Bonchev–Trinajstić information content (AvgIpc) is 3.39. The first-order valence-corrected chi connectivity index (χ1v) is 8.35. The summed E-state index contributed by atoms with van der Waals surface area (Å²) in [5.74, 6) is 0.903. The molecule has 1 aromatic heterocycles. The fourth-order valence-electron chi connectivity index (χ4n) is 3.33. The zero-order valence-corrected chi connectivity index (χ0v) is 12.3. The summed E-state index contributed by atoms with van der Waals surface area (Å²) in [4.78, 5) is 6.96. The Morgan fingerprint density at radius 3 is 2.60 bits per heavy atom. The van der Waals surface area contributed by atoms with Gasteiger partial charge in [-0.2, -0.15) is 0 Å². The molecule has 0 aromatic carbocycles. The molecule has 2 aliphatic carbocycles. The molecule has 4 rings (SSSR count). The lowest BCUT2D eigenvalue weighted by atomic mass is 9.96. The van der Waals surface area contributed by atoms with E-state index in [4.69, 9.17) is 0 Å². The summed E-state index contributed by atoms with van der Waals surface area (Å²) in [5.41, 5.74) is 1.42. The van der Waals surface area contributed by atoms with E-state index in [1.165, 1.54) is 63.9 Å². The zero-order chi connectivity index (χ0) is 13.4. The fourth-order valence-corrected chi connectivity index (χ4v) is 3.33. The second-order valence-electron chi connectivity index (χ2n) is 6.93. The minimum Gasteiger partial charge on any atom is -0.330 e. The molecule has 1 N–H and O–H groups in total. The lowest BCUT2D eigenvalue weighted by molar-refractivity contribution is 0.172. The first kappa shape index (κ1) is 12.8. The van der Waals surface area contributed by atoms with E-state index in [-0.39, 0.29) is 0 Å². The Labute approximate surface area is 121 Å². The van der Waals surface area contributed by atoms with Crippen LogP contribution in [-0.2, 0) is 6.54 Å². The third kappa shape index (κ3) is 3.07. The van der Waals surface area contributed by atoms with E-state index in [2.05, 4.69) is 26.0 Å². The summed E-state index contributed by atoms with van der Waals surface area (Å²) in [5, 5.41) is 3.69. The lowest BCUT2D eigenvalue weighted by Crippen LogP contribution is -2.37. The van der Waals surface area contributed by atoms with Crippen LogP contribution in [0.3, 0.4) is 0 Å². The van der Waals surface area contributed by atoms with Crippen molar-refractivity contribution in [3.8, 4) is 0 Å². The molecule has 1 aliphatic heterocycles. The van der Waals surface area contributed by atoms with Crippen molar-refractivity contribution in [1.29, 1.82) is 0 Å². The van der Waals surface area contributed by atoms with Crippen LogP contribution in [0, 0.1) is 5.92 Å². The van der Waals surface area contributed by atoms with Gasteiger partial charge in [0.15, 0.2) is 0 Å². The molecular formula is C16H26N4. The first-order valence-electron chi connectivity index (χ1n) is 8.35. The third-order valence-electron chi connectivity index (χ3n) is 5.05. The maximum Gasteiger partial charge on any atom is 0.0951 e. The molecule has 1 aromatic rings. The summed E-state index contributed by atoms with van der Waals surface area (Å²) in [6, 6.07) is 1.62. The smallest absolute Gasteiger partial charge is 0.0951 e. The quantitative estimate of drug-likeness (QED) is 0.863. The minimum atomic E-state index is 0.757. The highest BCUT2D eigenvalue weighted by Gasteiger charge is 2.27. The predicted octanol–water partition coefficient (Wildman–Crippen LogP) is 2.18. The second-order valence-corrected chi connectivity index (χ2v) is 6.93. The van der Waals surface area contributed by atoms with Gasteiger partial charge in [-0.3, -0.25) is 4.90 Å². The molecule has 0 bridgehead atoms. The SMILES string of the molecule is c1ncn(C2CC2)c1CN1CCC(CNC2CC2)CC1. The molecule has 4 nitrogen and oxygen atoms in total. The van der Waals surface area contributed by atoms with E-state index in [1.54, 1.807) is 0 Å². The van der Waals surface area contributed by atoms with E-state index in [1.807, 2.05) is 6.33 Å². The van der Waals surface area contributed by atoms with Gasteiger partial charge < -0.3 is 9.88 Å². The highest BCUT2D eigenvalue weighted by Crippen LogP contribution is 2.36. The molecule has 0 unspecified atom stereocenters. The number of imidazole rings is 1. The van der Waals surface area contributed by atoms with Crippen LogP contribution in [0.25, 0.3) is 0 Å². The molecule has 0 spiro atoms. The van der Waals surface area contributed by atoms with E-state index in [0.717, 1.165) is 24.5 Å². The fraction of sp³-hybridized carbons (Fsp3) is 0.812. The number of likely N-dealkylation sites (tertiary alicyclic amines) is 1. The van der Waals surface area contributed by atoms with Crippen molar-refractivity contribution < 1.29 is 0 Å². The highest BCUT2D eigenvalue weighted by molar-refractivity contribution is 5.03. The van der Waals surface area contributed by atoms with E-state index < -0.39 is 0 Å². The van der Waals surface area contributed by atoms with Gasteiger partial charge in [0, 0.05) is 24.8 Å². The van der Waals surface area contributed by atoms with Gasteiger partial charge in [0.2, 0.25) is 0 Å². The monoisotopic (exact) mass is 274 g/mol. The molecule has 0 atom stereocenters. The topological polar surface area (TPSA) is 33.1 Å². The van der Waals surface area contributed by atoms with Gasteiger partial charge in [0.25, 0.3) is 0 Å². The van der Waals surface area contributed by atoms with Gasteiger partial charge in [-0.1, -0.05) is 0 Å². The largest absolute Gasteiger partial charge is 0.330 e. The summed E-state index contributed by atoms with van der Waals surface area (Å²) in [6.45, 7) is 4.86. The van der Waals surface area contributed by atoms with Crippen LogP contribution in [0.15, 0.2) is 12.5 Å². The number of nitrogens with one attached hydrogen (secondary N) is 1. The van der Waals surface area contributed by atoms with Crippen LogP contribution >= 0.6 is 0 Å². The number of hydrogen-bond donors (Lipinski definition) is 1. The predicted molar refractivity (Wildman–Crippen MR) is 79.5 cm³/mol. The van der Waals surface area contributed by atoms with Crippen molar-refractivity contribution in [2.45, 2.75) is 57.2 Å². The van der Waals surface area contributed by atoms with Gasteiger partial charge in [-0.15, -0.1) is 0 Å². The van der Waals surface area contributed by atoms with Crippen molar-refractivity contribution in [1.82, 2.24) is 19.8 Å². The Hall–Kier alpha value is -0.870. The zero-order valence-electron chi connectivity index (χ0n) is 12.3. The number of hydrogen-bond acceptors (Lipinski definition) is 3. The molecule has 3 aliphatic rings. The summed E-state index contributed by atoms with van der Waals surface area (Å²) >= 11 is 0. The standard InChI is InChI=1S/C16H26N4/c1-2-14(1)18-9-13-5-7-19(8-6-13)11-16-10-17-12-20(16)15-3-4-15/h10,12-15,18H,1-9,11H2. The first-order chi connectivity index (χ1) is 9.88. The van der Waals surface area contributed by atoms with Crippen LogP contribution in [0.2, 0.25) is 0 Å². The van der Waals surface area contributed by atoms with Crippen molar-refractivity contribution in [3.05, 3.63) is 18.2 Å². The molecular weight excluding hydrogens is 248 g/mol. The van der Waals surface area contributed by atoms with Crippen molar-refractivity contribution >= 4 is 0 Å². The minimum absolute atomic E-state index is 0.757. The molecule has 0 radical (unpaired) electrons. The van der Waals surface area contributed by atoms with Crippen LogP contribution in [0.1, 0.15) is 50.3 Å². The van der Waals surface area contributed by atoms with E-state index in [0.29, 0.717) is 0 Å². The molecule has 0 amide bonds. The van der Waals surface area contributed by atoms with Crippen molar-refractivity contribution in [2.24, 2.45) is 5.92 Å². The number of aromatic nitrogens is 2. The number of rotatable bonds is 6. The Kier molecular flexibility index (Phi) is 3.52. The van der Waals surface area contributed by atoms with Gasteiger partial charge in [0.1, 0.15) is 0 Å². The van der Waals surface area contributed by atoms with Crippen molar-refractivity contribution in [2.75, 3.05) is 19.6 Å². The Bertz CT molecular complexity index is 439. The highest BCUT2D eigenvalue weighted by atomic mass is 15.2. The van der Waals surface area contributed by atoms with Gasteiger partial charge in [0.05, 0.1) is 12.0 Å². The van der Waals surface area contributed by atoms with Gasteiger partial charge >= 0.3 is 0 Å². The van der Waals surface area contributed by atoms with Gasteiger partial charge in [-0.25, -0.2) is 4.98 Å². The Morgan fingerprint density at radius 2 is 1.90 bits per heavy atom. The number of piperidine rings is 1. The number of nitrogens with zero attached hydrogens (tertiary/aromatic N) is 3. The maximum atomic E-state index is 4.35. The molecule has 3 fully saturated rings. The maximum absolute atomic E-state index is 4.35. The summed E-state index contributed by atoms with van der Waals surface area (Å²) in [7, 11) is 0. The Balaban J connectivity index is 1.25. The average molecular weight is 274 g/mol. The third-order valence-corrected chi connectivity index (χ3v) is 5.05. The van der Waals surface area contributed by atoms with Crippen LogP contribution in [0.5, 0.6) is 0 Å². The van der Waals surface area contributed by atoms with E-state index in [9.17, 15) is 0 Å². The molecule has 4 heteroatoms. The summed E-state index contributed by atoms with van der Waals surface area (Å²) in [6.07, 6.45) is 12.3. The summed E-state index contributed by atoms with van der Waals surface area (Å²) < 4.78 is 2.40. The van der Waals surface area contributed by atoms with E-state index >= 15 is 0 Å². The lowest BCUT2D eigenvalue weighted by Gasteiger charge is -2.32. The molecule has 1 saturated heterocycles. The van der Waals surface area contributed by atoms with Crippen LogP contribution in [0.4, 0.5) is 0 Å². The molecule has 2 saturated carbocycles. The van der Waals surface area contributed by atoms with Crippen molar-refractivity contribution in [3.63, 3.8) is 0 Å². The molecule has 110 valence electrons. The van der Waals surface area contributed by atoms with Crippen LogP contribution < -0.4 is 5.32 Å². The molecule has 20 heavy (non-hydrogen) atoms.